The van der Waals surface area contributed by atoms with E-state index >= 15 is 0 Å². The number of likely N-dealkylation sites (N-methyl/N-ethyl adjacent to an activating group) is 1. The Hall–Kier alpha value is -1.55. The van der Waals surface area contributed by atoms with Crippen LogP contribution in [-0.2, 0) is 19.4 Å². The molecule has 0 fully saturated rings. The molecule has 2 unspecified atom stereocenters. The van der Waals surface area contributed by atoms with Gasteiger partial charge in [-0.3, -0.25) is 0 Å². The third-order valence-corrected chi connectivity index (χ3v) is 6.33. The van der Waals surface area contributed by atoms with Crippen molar-refractivity contribution >= 4 is 0 Å². The molecule has 2 aliphatic heterocycles. The Bertz CT molecular complexity index is 901. The lowest BCUT2D eigenvalue weighted by Gasteiger charge is -2.44. The summed E-state index contributed by atoms with van der Waals surface area (Å²) in [6.45, 7) is 1.04. The van der Waals surface area contributed by atoms with Gasteiger partial charge < -0.3 is 52.9 Å². The van der Waals surface area contributed by atoms with E-state index in [0.717, 1.165) is 39.9 Å². The molecule has 0 saturated heterocycles. The van der Waals surface area contributed by atoms with Gasteiger partial charge in [0.25, 0.3) is 0 Å². The Morgan fingerprint density at radius 3 is 2.73 bits per heavy atom. The minimum atomic E-state index is -0.531. The molecule has 2 heterocycles. The zero-order chi connectivity index (χ0) is 20.6. The lowest BCUT2D eigenvalue weighted by atomic mass is 9.83. The number of para-hydroxylation sites is 1. The van der Waals surface area contributed by atoms with Crippen LogP contribution in [-0.4, -0.2) is 55.3 Å². The van der Waals surface area contributed by atoms with E-state index in [4.69, 9.17) is 14.2 Å². The second-order valence-corrected chi connectivity index (χ2v) is 8.49. The maximum absolute atomic E-state index is 11.0. The summed E-state index contributed by atoms with van der Waals surface area (Å²) in [7, 11) is 6.03. The Morgan fingerprint density at radius 2 is 2.00 bits per heavy atom. The largest absolute Gasteiger partial charge is 1.00 e. The molecule has 0 aromatic heterocycles. The number of halogens is 1. The van der Waals surface area contributed by atoms with Gasteiger partial charge in [0.1, 0.15) is 11.8 Å². The first-order chi connectivity index (χ1) is 13.9. The number of benzene rings is 2. The van der Waals surface area contributed by atoms with Gasteiger partial charge in [0.15, 0.2) is 11.5 Å². The van der Waals surface area contributed by atoms with E-state index in [1.54, 1.807) is 7.11 Å². The van der Waals surface area contributed by atoms with Gasteiger partial charge >= 0.3 is 0 Å². The first-order valence-electron chi connectivity index (χ1n) is 10.1. The van der Waals surface area contributed by atoms with Crippen LogP contribution >= 0.6 is 0 Å². The Labute approximate surface area is 195 Å². The molecule has 0 amide bonds. The van der Waals surface area contributed by atoms with Gasteiger partial charge in [-0.15, -0.1) is 0 Å². The second-order valence-electron chi connectivity index (χ2n) is 8.49. The number of nitrogens with zero attached hydrogens (tertiary/aromatic N) is 1. The van der Waals surface area contributed by atoms with Crippen molar-refractivity contribution in [2.24, 2.45) is 0 Å². The van der Waals surface area contributed by atoms with E-state index in [0.29, 0.717) is 24.3 Å². The second kappa shape index (κ2) is 9.30. The molecule has 30 heavy (non-hydrogen) atoms. The number of ether oxygens (including phenoxy) is 3. The van der Waals surface area contributed by atoms with Gasteiger partial charge in [0, 0.05) is 30.4 Å². The molecule has 2 aromatic rings. The van der Waals surface area contributed by atoms with Crippen LogP contribution in [0.1, 0.15) is 34.7 Å². The number of aliphatic hydroxyl groups excluding tert-OH is 2. The van der Waals surface area contributed by atoms with Crippen molar-refractivity contribution < 1.29 is 52.9 Å². The highest BCUT2D eigenvalue weighted by Gasteiger charge is 2.41. The van der Waals surface area contributed by atoms with Crippen molar-refractivity contribution in [2.45, 2.75) is 38.0 Å². The van der Waals surface area contributed by atoms with E-state index in [9.17, 15) is 10.2 Å². The fraction of sp³-hybridized carbons (Fsp3) is 0.478. The summed E-state index contributed by atoms with van der Waals surface area (Å²) in [4.78, 5) is 0. The quantitative estimate of drug-likeness (QED) is 0.395. The van der Waals surface area contributed by atoms with Crippen molar-refractivity contribution in [1.82, 2.24) is 0 Å². The summed E-state index contributed by atoms with van der Waals surface area (Å²) in [5, 5.41) is 21.2. The van der Waals surface area contributed by atoms with E-state index in [1.807, 2.05) is 24.3 Å². The third-order valence-electron chi connectivity index (χ3n) is 6.33. The molecule has 2 aromatic carbocycles. The van der Waals surface area contributed by atoms with E-state index < -0.39 is 6.10 Å². The highest BCUT2D eigenvalue weighted by Crippen LogP contribution is 2.47. The van der Waals surface area contributed by atoms with Gasteiger partial charge in [-0.05, 0) is 23.3 Å². The Balaban J connectivity index is 0.00000256. The van der Waals surface area contributed by atoms with Crippen molar-refractivity contribution in [2.75, 3.05) is 34.5 Å². The van der Waals surface area contributed by atoms with Crippen LogP contribution in [0.25, 0.3) is 0 Å². The summed E-state index contributed by atoms with van der Waals surface area (Å²) in [6.07, 6.45) is 1.49. The van der Waals surface area contributed by atoms with Crippen LogP contribution < -0.4 is 38.2 Å². The van der Waals surface area contributed by atoms with Crippen LogP contribution in [0.5, 0.6) is 17.2 Å². The van der Waals surface area contributed by atoms with E-state index in [-0.39, 0.29) is 43.4 Å². The van der Waals surface area contributed by atoms with Gasteiger partial charge in [-0.2, -0.15) is 0 Å². The fourth-order valence-electron chi connectivity index (χ4n) is 4.75. The minimum Gasteiger partial charge on any atom is -1.00 e. The highest BCUT2D eigenvalue weighted by atomic mass is 127. The molecule has 6 nitrogen and oxygen atoms in total. The lowest BCUT2D eigenvalue weighted by molar-refractivity contribution is -0.924. The van der Waals surface area contributed by atoms with Crippen molar-refractivity contribution in [1.29, 1.82) is 0 Å². The summed E-state index contributed by atoms with van der Waals surface area (Å²) in [5.41, 5.74) is 4.09. The smallest absolute Gasteiger partial charge is 0.231 e. The average molecular weight is 527 g/mol. The SMILES string of the molecule is COc1ccccc1CC(O)CC1c2c(cc3c(c2CO)OCO3)CC[N+]1(C)C.[I-]. The molecule has 0 radical (unpaired) electrons. The minimum absolute atomic E-state index is 0. The Kier molecular flexibility index (Phi) is 7.16. The molecule has 0 saturated carbocycles. The molecular weight excluding hydrogens is 497 g/mol. The average Bonchev–Trinajstić information content (AvgIpc) is 3.17. The number of fused-ring (bicyclic) bond motifs is 2. The molecule has 2 aliphatic rings. The number of hydrogen-bond donors (Lipinski definition) is 2. The molecular formula is C23H30INO5. The molecule has 164 valence electrons. The fourth-order valence-corrected chi connectivity index (χ4v) is 4.75. The van der Waals surface area contributed by atoms with Crippen LogP contribution in [0.4, 0.5) is 0 Å². The topological polar surface area (TPSA) is 68.2 Å². The summed E-state index contributed by atoms with van der Waals surface area (Å²) in [5.74, 6) is 2.16. The standard InChI is InChI=1S/C23H30NO5.HI/c1-24(2)9-8-16-11-21-23(29-14-28-21)18(13-25)22(16)19(24)12-17(26)10-15-6-4-5-7-20(15)27-3;/h4-7,11,17,19,25-26H,8-10,12-14H2,1-3H3;1H/q+1;/p-1. The molecule has 2 N–H and O–H groups in total. The maximum atomic E-state index is 11.0. The summed E-state index contributed by atoms with van der Waals surface area (Å²) < 4.78 is 17.4. The first kappa shape index (κ1) is 23.1. The predicted octanol–water partition coefficient (Wildman–Crippen LogP) is -0.412. The molecule has 2 atom stereocenters. The molecule has 0 bridgehead atoms. The normalized spacial score (nSPS) is 19.6. The number of hydrogen-bond acceptors (Lipinski definition) is 5. The molecule has 7 heteroatoms. The highest BCUT2D eigenvalue weighted by molar-refractivity contribution is 5.56. The molecule has 0 spiro atoms. The monoisotopic (exact) mass is 527 g/mol. The summed E-state index contributed by atoms with van der Waals surface area (Å²) >= 11 is 0. The third kappa shape index (κ3) is 4.26. The van der Waals surface area contributed by atoms with Crippen molar-refractivity contribution in [3.63, 3.8) is 0 Å². The van der Waals surface area contributed by atoms with Crippen LogP contribution in [0.2, 0.25) is 0 Å². The number of quaternary nitrogens is 1. The van der Waals surface area contributed by atoms with Crippen molar-refractivity contribution in [3.05, 3.63) is 52.6 Å². The number of aliphatic hydroxyl groups is 2. The number of methoxy groups -OCH3 is 1. The van der Waals surface area contributed by atoms with Gasteiger partial charge in [0.05, 0.1) is 40.5 Å². The van der Waals surface area contributed by atoms with E-state index in [2.05, 4.69) is 20.2 Å². The predicted molar refractivity (Wildman–Crippen MR) is 109 cm³/mol. The van der Waals surface area contributed by atoms with Crippen molar-refractivity contribution in [3.8, 4) is 17.2 Å². The number of rotatable bonds is 6. The van der Waals surface area contributed by atoms with Gasteiger partial charge in [0.2, 0.25) is 6.79 Å². The molecule has 4 rings (SSSR count). The zero-order valence-electron chi connectivity index (χ0n) is 17.7. The zero-order valence-corrected chi connectivity index (χ0v) is 19.9. The van der Waals surface area contributed by atoms with Crippen LogP contribution in [0.15, 0.2) is 30.3 Å². The van der Waals surface area contributed by atoms with Gasteiger partial charge in [-0.25, -0.2) is 0 Å². The first-order valence-corrected chi connectivity index (χ1v) is 10.1. The summed E-state index contributed by atoms with van der Waals surface area (Å²) in [6, 6.07) is 9.92. The van der Waals surface area contributed by atoms with Gasteiger partial charge in [-0.1, -0.05) is 18.2 Å². The van der Waals surface area contributed by atoms with Crippen LogP contribution in [0, 0.1) is 0 Å². The molecule has 0 aliphatic carbocycles. The Morgan fingerprint density at radius 1 is 1.23 bits per heavy atom. The van der Waals surface area contributed by atoms with E-state index in [1.165, 1.54) is 5.56 Å². The maximum Gasteiger partial charge on any atom is 0.231 e. The van der Waals surface area contributed by atoms with Crippen LogP contribution in [0.3, 0.4) is 0 Å². The lowest BCUT2D eigenvalue weighted by Crippen LogP contribution is -3.00.